The molecule has 1 aromatic rings. The normalized spacial score (nSPS) is 14.4. The SMILES string of the molecule is CCOC(=O)N1CCC(NC(=O)CCCNC(=O)/C=C/c2ccccc2OC)CC1. The summed E-state index contributed by atoms with van der Waals surface area (Å²) < 4.78 is 10.2. The Hall–Kier alpha value is -3.03. The minimum absolute atomic E-state index is 0.0385. The van der Waals surface area contributed by atoms with Gasteiger partial charge in [0.2, 0.25) is 11.8 Å². The van der Waals surface area contributed by atoms with Gasteiger partial charge in [-0.3, -0.25) is 9.59 Å². The van der Waals surface area contributed by atoms with Crippen molar-refractivity contribution in [3.63, 3.8) is 0 Å². The van der Waals surface area contributed by atoms with E-state index in [4.69, 9.17) is 9.47 Å². The zero-order chi connectivity index (χ0) is 21.8. The molecule has 1 saturated heterocycles. The van der Waals surface area contributed by atoms with Crippen molar-refractivity contribution in [3.8, 4) is 5.75 Å². The zero-order valence-corrected chi connectivity index (χ0v) is 17.7. The van der Waals surface area contributed by atoms with Crippen LogP contribution in [0.25, 0.3) is 6.08 Å². The zero-order valence-electron chi connectivity index (χ0n) is 17.7. The van der Waals surface area contributed by atoms with Gasteiger partial charge in [-0.05, 0) is 38.3 Å². The van der Waals surface area contributed by atoms with Crippen LogP contribution in [-0.2, 0) is 14.3 Å². The molecule has 1 aromatic carbocycles. The molecule has 2 N–H and O–H groups in total. The Bertz CT molecular complexity index is 742. The molecule has 0 aliphatic carbocycles. The van der Waals surface area contributed by atoms with Gasteiger partial charge in [-0.25, -0.2) is 4.79 Å². The fourth-order valence-electron chi connectivity index (χ4n) is 3.21. The molecule has 0 radical (unpaired) electrons. The first kappa shape index (κ1) is 23.3. The van der Waals surface area contributed by atoms with Crippen LogP contribution in [0.2, 0.25) is 0 Å². The predicted octanol–water partition coefficient (Wildman–Crippen LogP) is 2.34. The molecule has 0 saturated carbocycles. The number of nitrogens with zero attached hydrogens (tertiary/aromatic N) is 1. The molecule has 2 rings (SSSR count). The first-order valence-corrected chi connectivity index (χ1v) is 10.3. The van der Waals surface area contributed by atoms with Gasteiger partial charge >= 0.3 is 6.09 Å². The Morgan fingerprint density at radius 3 is 2.63 bits per heavy atom. The lowest BCUT2D eigenvalue weighted by atomic mass is 10.1. The summed E-state index contributed by atoms with van der Waals surface area (Å²) in [6.45, 7) is 3.73. The summed E-state index contributed by atoms with van der Waals surface area (Å²) in [7, 11) is 1.58. The highest BCUT2D eigenvalue weighted by Gasteiger charge is 2.24. The third-order valence-corrected chi connectivity index (χ3v) is 4.82. The quantitative estimate of drug-likeness (QED) is 0.475. The predicted molar refractivity (Wildman–Crippen MR) is 114 cm³/mol. The molecule has 8 heteroatoms. The van der Waals surface area contributed by atoms with Crippen LogP contribution in [-0.4, -0.2) is 62.2 Å². The second kappa shape index (κ2) is 12.5. The number of methoxy groups -OCH3 is 1. The second-order valence-corrected chi connectivity index (χ2v) is 7.00. The molecule has 0 spiro atoms. The van der Waals surface area contributed by atoms with Gasteiger partial charge in [-0.2, -0.15) is 0 Å². The van der Waals surface area contributed by atoms with Crippen molar-refractivity contribution >= 4 is 24.0 Å². The molecular formula is C22H31N3O5. The number of nitrogens with one attached hydrogen (secondary N) is 2. The van der Waals surface area contributed by atoms with Crippen LogP contribution in [0.3, 0.4) is 0 Å². The molecule has 0 atom stereocenters. The first-order valence-electron chi connectivity index (χ1n) is 10.3. The van der Waals surface area contributed by atoms with E-state index in [1.165, 1.54) is 6.08 Å². The van der Waals surface area contributed by atoms with Gasteiger partial charge in [-0.1, -0.05) is 18.2 Å². The lowest BCUT2D eigenvalue weighted by Gasteiger charge is -2.31. The highest BCUT2D eigenvalue weighted by atomic mass is 16.6. The highest BCUT2D eigenvalue weighted by molar-refractivity contribution is 5.92. The topological polar surface area (TPSA) is 97.0 Å². The average molecular weight is 418 g/mol. The molecule has 8 nitrogen and oxygen atoms in total. The van der Waals surface area contributed by atoms with Crippen LogP contribution in [0.15, 0.2) is 30.3 Å². The van der Waals surface area contributed by atoms with E-state index in [2.05, 4.69) is 10.6 Å². The number of carbonyl (C=O) groups is 3. The Morgan fingerprint density at radius 2 is 1.93 bits per heavy atom. The Kier molecular flexibility index (Phi) is 9.70. The number of likely N-dealkylation sites (tertiary alicyclic amines) is 1. The number of hydrogen-bond acceptors (Lipinski definition) is 5. The summed E-state index contributed by atoms with van der Waals surface area (Å²) in [6, 6.07) is 7.51. The summed E-state index contributed by atoms with van der Waals surface area (Å²) >= 11 is 0. The van der Waals surface area contributed by atoms with Crippen LogP contribution in [0.1, 0.15) is 38.2 Å². The molecule has 0 bridgehead atoms. The van der Waals surface area contributed by atoms with Crippen molar-refractivity contribution in [1.82, 2.24) is 15.5 Å². The molecule has 1 aliphatic rings. The number of para-hydroxylation sites is 1. The van der Waals surface area contributed by atoms with Crippen LogP contribution < -0.4 is 15.4 Å². The third kappa shape index (κ3) is 7.77. The molecule has 0 unspecified atom stereocenters. The maximum absolute atomic E-state index is 12.1. The number of carbonyl (C=O) groups excluding carboxylic acids is 3. The minimum Gasteiger partial charge on any atom is -0.496 e. The fraction of sp³-hybridized carbons (Fsp3) is 0.500. The van der Waals surface area contributed by atoms with Crippen molar-refractivity contribution in [3.05, 3.63) is 35.9 Å². The van der Waals surface area contributed by atoms with Gasteiger partial charge in [-0.15, -0.1) is 0 Å². The van der Waals surface area contributed by atoms with E-state index in [1.807, 2.05) is 24.3 Å². The van der Waals surface area contributed by atoms with Gasteiger partial charge in [0.25, 0.3) is 0 Å². The fourth-order valence-corrected chi connectivity index (χ4v) is 3.21. The van der Waals surface area contributed by atoms with Gasteiger partial charge in [0.15, 0.2) is 0 Å². The van der Waals surface area contributed by atoms with E-state index >= 15 is 0 Å². The maximum atomic E-state index is 12.1. The van der Waals surface area contributed by atoms with Crippen molar-refractivity contribution in [2.45, 2.75) is 38.6 Å². The third-order valence-electron chi connectivity index (χ3n) is 4.82. The van der Waals surface area contributed by atoms with Crippen LogP contribution in [0.5, 0.6) is 5.75 Å². The molecule has 1 fully saturated rings. The van der Waals surface area contributed by atoms with Crippen LogP contribution >= 0.6 is 0 Å². The maximum Gasteiger partial charge on any atom is 0.409 e. The summed E-state index contributed by atoms with van der Waals surface area (Å²) in [6.07, 6.45) is 5.19. The number of amides is 3. The number of piperidine rings is 1. The van der Waals surface area contributed by atoms with Crippen molar-refractivity contribution in [1.29, 1.82) is 0 Å². The van der Waals surface area contributed by atoms with Crippen LogP contribution in [0.4, 0.5) is 4.79 Å². The number of rotatable bonds is 9. The Balaban J connectivity index is 1.60. The Morgan fingerprint density at radius 1 is 1.20 bits per heavy atom. The summed E-state index contributed by atoms with van der Waals surface area (Å²) in [5.41, 5.74) is 0.823. The molecular weight excluding hydrogens is 386 g/mol. The van der Waals surface area contributed by atoms with E-state index in [0.29, 0.717) is 44.8 Å². The van der Waals surface area contributed by atoms with Gasteiger partial charge < -0.3 is 25.0 Å². The molecule has 1 heterocycles. The van der Waals surface area contributed by atoms with Crippen molar-refractivity contribution < 1.29 is 23.9 Å². The number of hydrogen-bond donors (Lipinski definition) is 2. The smallest absolute Gasteiger partial charge is 0.409 e. The average Bonchev–Trinajstić information content (AvgIpc) is 2.76. The van der Waals surface area contributed by atoms with E-state index in [-0.39, 0.29) is 23.9 Å². The molecule has 0 aromatic heterocycles. The number of ether oxygens (including phenoxy) is 2. The molecule has 1 aliphatic heterocycles. The lowest BCUT2D eigenvalue weighted by Crippen LogP contribution is -2.46. The minimum atomic E-state index is -0.294. The molecule has 30 heavy (non-hydrogen) atoms. The van der Waals surface area contributed by atoms with E-state index in [1.54, 1.807) is 25.0 Å². The van der Waals surface area contributed by atoms with E-state index in [9.17, 15) is 14.4 Å². The standard InChI is InChI=1S/C22H31N3O5/c1-3-30-22(28)25-15-12-18(13-16-25)24-21(27)9-6-14-23-20(26)11-10-17-7-4-5-8-19(17)29-2/h4-5,7-8,10-11,18H,3,6,9,12-16H2,1-2H3,(H,23,26)(H,24,27)/b11-10+. The largest absolute Gasteiger partial charge is 0.496 e. The molecule has 3 amide bonds. The van der Waals surface area contributed by atoms with E-state index in [0.717, 1.165) is 18.4 Å². The highest BCUT2D eigenvalue weighted by Crippen LogP contribution is 2.18. The second-order valence-electron chi connectivity index (χ2n) is 7.00. The summed E-state index contributed by atoms with van der Waals surface area (Å²) in [5, 5.41) is 5.77. The summed E-state index contributed by atoms with van der Waals surface area (Å²) in [5.74, 6) is 0.447. The first-order chi connectivity index (χ1) is 14.5. The Labute approximate surface area is 177 Å². The van der Waals surface area contributed by atoms with Gasteiger partial charge in [0.05, 0.1) is 13.7 Å². The van der Waals surface area contributed by atoms with Gasteiger partial charge in [0.1, 0.15) is 5.75 Å². The summed E-state index contributed by atoms with van der Waals surface area (Å²) in [4.78, 5) is 37.4. The lowest BCUT2D eigenvalue weighted by molar-refractivity contribution is -0.122. The van der Waals surface area contributed by atoms with Crippen molar-refractivity contribution in [2.75, 3.05) is 33.4 Å². The van der Waals surface area contributed by atoms with E-state index < -0.39 is 0 Å². The van der Waals surface area contributed by atoms with Crippen molar-refractivity contribution in [2.24, 2.45) is 0 Å². The monoisotopic (exact) mass is 417 g/mol. The number of benzene rings is 1. The molecule has 164 valence electrons. The van der Waals surface area contributed by atoms with Gasteiger partial charge in [0, 0.05) is 43.7 Å². The van der Waals surface area contributed by atoms with Crippen LogP contribution in [0, 0.1) is 0 Å².